The molecule has 4 aromatic rings. The summed E-state index contributed by atoms with van der Waals surface area (Å²) in [5.74, 6) is 0.697. The molecular formula is C19H16N6O2. The number of benzene rings is 2. The number of aromatic nitrogens is 4. The third-order valence-electron chi connectivity index (χ3n) is 4.13. The number of pyridine rings is 1. The number of nitrogens with zero attached hydrogens (tertiary/aromatic N) is 2. The second-order valence-corrected chi connectivity index (χ2v) is 5.95. The van der Waals surface area contributed by atoms with Crippen molar-refractivity contribution in [3.63, 3.8) is 0 Å². The van der Waals surface area contributed by atoms with Gasteiger partial charge in [-0.3, -0.25) is 9.89 Å². The number of carbonyl (C=O) groups excluding carboxylic acids is 1. The molecule has 0 atom stereocenters. The first-order valence-electron chi connectivity index (χ1n) is 8.30. The van der Waals surface area contributed by atoms with Crippen LogP contribution in [0.2, 0.25) is 0 Å². The lowest BCUT2D eigenvalue weighted by Crippen LogP contribution is -2.28. The zero-order chi connectivity index (χ0) is 18.6. The van der Waals surface area contributed by atoms with Crippen molar-refractivity contribution >= 4 is 22.5 Å². The Balaban J connectivity index is 1.37. The van der Waals surface area contributed by atoms with Gasteiger partial charge in [0.25, 0.3) is 5.56 Å². The maximum atomic E-state index is 12.1. The molecule has 8 nitrogen and oxygen atoms in total. The minimum absolute atomic E-state index is 0.155. The standard InChI is InChI=1S/C19H16N6O2/c26-18-16-6-5-15(9-14(16)7-8-20-18)24-19(27)21-10-12-1-3-13(4-2-12)17-22-11-23-25-17/h1-9,11H,10H2,(H,20,26)(H2,21,24,27)(H,22,23,25). The Morgan fingerprint density at radius 3 is 2.70 bits per heavy atom. The normalized spacial score (nSPS) is 10.7. The van der Waals surface area contributed by atoms with E-state index >= 15 is 0 Å². The van der Waals surface area contributed by atoms with Gasteiger partial charge in [0.15, 0.2) is 5.82 Å². The van der Waals surface area contributed by atoms with Crippen LogP contribution in [0.5, 0.6) is 0 Å². The average molecular weight is 360 g/mol. The van der Waals surface area contributed by atoms with Crippen LogP contribution in [0.1, 0.15) is 5.56 Å². The fourth-order valence-corrected chi connectivity index (χ4v) is 2.75. The Morgan fingerprint density at radius 1 is 1.07 bits per heavy atom. The summed E-state index contributed by atoms with van der Waals surface area (Å²) >= 11 is 0. The van der Waals surface area contributed by atoms with Crippen molar-refractivity contribution in [2.45, 2.75) is 6.54 Å². The maximum absolute atomic E-state index is 12.1. The van der Waals surface area contributed by atoms with E-state index < -0.39 is 0 Å². The molecule has 2 aromatic carbocycles. The van der Waals surface area contributed by atoms with E-state index in [0.29, 0.717) is 23.4 Å². The molecule has 0 saturated carbocycles. The average Bonchev–Trinajstić information content (AvgIpc) is 3.22. The molecule has 2 amide bonds. The second kappa shape index (κ2) is 7.12. The fourth-order valence-electron chi connectivity index (χ4n) is 2.75. The number of carbonyl (C=O) groups is 1. The smallest absolute Gasteiger partial charge is 0.319 e. The zero-order valence-corrected chi connectivity index (χ0v) is 14.2. The molecule has 0 fully saturated rings. The number of aromatic amines is 2. The molecule has 4 N–H and O–H groups in total. The lowest BCUT2D eigenvalue weighted by molar-refractivity contribution is 0.251. The number of amides is 2. The lowest BCUT2D eigenvalue weighted by Gasteiger charge is -2.09. The van der Waals surface area contributed by atoms with Crippen molar-refractivity contribution < 1.29 is 4.79 Å². The van der Waals surface area contributed by atoms with Crippen LogP contribution < -0.4 is 16.2 Å². The number of hydrogen-bond acceptors (Lipinski definition) is 4. The molecule has 0 aliphatic rings. The fraction of sp³-hybridized carbons (Fsp3) is 0.0526. The molecule has 0 spiro atoms. The number of rotatable bonds is 4. The summed E-state index contributed by atoms with van der Waals surface area (Å²) in [6, 6.07) is 14.3. The van der Waals surface area contributed by atoms with Crippen molar-refractivity contribution in [1.29, 1.82) is 0 Å². The van der Waals surface area contributed by atoms with Crippen LogP contribution in [-0.2, 0) is 6.54 Å². The molecule has 8 heteroatoms. The highest BCUT2D eigenvalue weighted by Crippen LogP contribution is 2.16. The molecule has 134 valence electrons. The zero-order valence-electron chi connectivity index (χ0n) is 14.2. The van der Waals surface area contributed by atoms with E-state index in [1.54, 1.807) is 30.5 Å². The highest BCUT2D eigenvalue weighted by Gasteiger charge is 2.05. The van der Waals surface area contributed by atoms with Gasteiger partial charge in [-0.15, -0.1) is 0 Å². The minimum atomic E-state index is -0.321. The van der Waals surface area contributed by atoms with Crippen LogP contribution in [0.3, 0.4) is 0 Å². The second-order valence-electron chi connectivity index (χ2n) is 5.95. The molecule has 0 bridgehead atoms. The lowest BCUT2D eigenvalue weighted by atomic mass is 10.1. The largest absolute Gasteiger partial charge is 0.334 e. The van der Waals surface area contributed by atoms with Crippen molar-refractivity contribution in [3.8, 4) is 11.4 Å². The van der Waals surface area contributed by atoms with Crippen LogP contribution in [0.15, 0.2) is 65.8 Å². The van der Waals surface area contributed by atoms with Crippen LogP contribution in [-0.4, -0.2) is 26.2 Å². The third-order valence-corrected chi connectivity index (χ3v) is 4.13. The molecule has 0 aliphatic carbocycles. The topological polar surface area (TPSA) is 116 Å². The summed E-state index contributed by atoms with van der Waals surface area (Å²) in [4.78, 5) is 30.6. The first-order valence-corrected chi connectivity index (χ1v) is 8.30. The van der Waals surface area contributed by atoms with E-state index in [0.717, 1.165) is 16.5 Å². The van der Waals surface area contributed by atoms with E-state index in [2.05, 4.69) is 30.8 Å². The predicted molar refractivity (Wildman–Crippen MR) is 102 cm³/mol. The number of fused-ring (bicyclic) bond motifs is 1. The van der Waals surface area contributed by atoms with Crippen molar-refractivity contribution in [2.24, 2.45) is 0 Å². The summed E-state index contributed by atoms with van der Waals surface area (Å²) in [6.45, 7) is 0.385. The van der Waals surface area contributed by atoms with Gasteiger partial charge in [0, 0.05) is 29.4 Å². The number of H-pyrrole nitrogens is 2. The van der Waals surface area contributed by atoms with Gasteiger partial charge >= 0.3 is 6.03 Å². The monoisotopic (exact) mass is 360 g/mol. The van der Waals surface area contributed by atoms with Gasteiger partial charge in [-0.1, -0.05) is 24.3 Å². The molecule has 0 aliphatic heterocycles. The van der Waals surface area contributed by atoms with Gasteiger partial charge in [0.05, 0.1) is 0 Å². The van der Waals surface area contributed by atoms with E-state index in [-0.39, 0.29) is 11.6 Å². The summed E-state index contributed by atoms with van der Waals surface area (Å²) in [7, 11) is 0. The Labute approximate surface area is 153 Å². The SMILES string of the molecule is O=C(NCc1ccc(-c2ncn[nH]2)cc1)Nc1ccc2c(=O)[nH]ccc2c1. The van der Waals surface area contributed by atoms with Crippen LogP contribution >= 0.6 is 0 Å². The summed E-state index contributed by atoms with van der Waals surface area (Å²) in [5, 5.41) is 13.5. The first-order chi connectivity index (χ1) is 13.2. The van der Waals surface area contributed by atoms with Crippen LogP contribution in [0.25, 0.3) is 22.2 Å². The number of nitrogens with one attached hydrogen (secondary N) is 4. The minimum Gasteiger partial charge on any atom is -0.334 e. The third kappa shape index (κ3) is 3.69. The van der Waals surface area contributed by atoms with Gasteiger partial charge in [-0.05, 0) is 35.2 Å². The van der Waals surface area contributed by atoms with Crippen molar-refractivity contribution in [1.82, 2.24) is 25.5 Å². The van der Waals surface area contributed by atoms with Crippen molar-refractivity contribution in [3.05, 3.63) is 77.0 Å². The Kier molecular flexibility index (Phi) is 4.36. The highest BCUT2D eigenvalue weighted by molar-refractivity contribution is 5.93. The van der Waals surface area contributed by atoms with E-state index in [4.69, 9.17) is 0 Å². The molecule has 0 saturated heterocycles. The molecule has 0 unspecified atom stereocenters. The summed E-state index contributed by atoms with van der Waals surface area (Å²) < 4.78 is 0. The van der Waals surface area contributed by atoms with Gasteiger partial charge in [-0.25, -0.2) is 9.78 Å². The number of urea groups is 1. The van der Waals surface area contributed by atoms with E-state index in [1.165, 1.54) is 6.33 Å². The Hall–Kier alpha value is -3.94. The predicted octanol–water partition coefficient (Wildman–Crippen LogP) is 2.63. The summed E-state index contributed by atoms with van der Waals surface area (Å²) in [6.07, 6.45) is 3.04. The van der Waals surface area contributed by atoms with Crippen LogP contribution in [0.4, 0.5) is 10.5 Å². The molecule has 0 radical (unpaired) electrons. The first kappa shape index (κ1) is 16.5. The van der Waals surface area contributed by atoms with Crippen LogP contribution in [0, 0.1) is 0 Å². The van der Waals surface area contributed by atoms with Gasteiger partial charge in [0.1, 0.15) is 6.33 Å². The number of anilines is 1. The molecule has 27 heavy (non-hydrogen) atoms. The Morgan fingerprint density at radius 2 is 1.93 bits per heavy atom. The highest BCUT2D eigenvalue weighted by atomic mass is 16.2. The quantitative estimate of drug-likeness (QED) is 0.448. The maximum Gasteiger partial charge on any atom is 0.319 e. The Bertz CT molecular complexity index is 1130. The van der Waals surface area contributed by atoms with Crippen molar-refractivity contribution in [2.75, 3.05) is 5.32 Å². The van der Waals surface area contributed by atoms with E-state index in [1.807, 2.05) is 24.3 Å². The summed E-state index contributed by atoms with van der Waals surface area (Å²) in [5.41, 5.74) is 2.34. The molecule has 2 heterocycles. The number of hydrogen-bond donors (Lipinski definition) is 4. The van der Waals surface area contributed by atoms with Gasteiger partial charge in [-0.2, -0.15) is 5.10 Å². The van der Waals surface area contributed by atoms with Gasteiger partial charge in [0.2, 0.25) is 0 Å². The van der Waals surface area contributed by atoms with E-state index in [9.17, 15) is 9.59 Å². The molecule has 2 aromatic heterocycles. The molecular weight excluding hydrogens is 344 g/mol. The van der Waals surface area contributed by atoms with Gasteiger partial charge < -0.3 is 15.6 Å². The molecule has 4 rings (SSSR count).